The lowest BCUT2D eigenvalue weighted by Crippen LogP contribution is -2.34. The Balaban J connectivity index is 1.96. The molecule has 1 fully saturated rings. The van der Waals surface area contributed by atoms with Crippen LogP contribution in [-0.4, -0.2) is 17.6 Å². The fraction of sp³-hybridized carbons (Fsp3) is 0.417. The Morgan fingerprint density at radius 2 is 2.43 bits per heavy atom. The van der Waals surface area contributed by atoms with Crippen molar-refractivity contribution in [2.24, 2.45) is 5.92 Å². The van der Waals surface area contributed by atoms with Gasteiger partial charge in [-0.25, -0.2) is 0 Å². The van der Waals surface area contributed by atoms with Crippen LogP contribution in [0.3, 0.4) is 0 Å². The number of hydrogen-bond acceptors (Lipinski definition) is 2. The SMILES string of the molecule is C1=C(c2cccnc2)C2CC1CCN2. The monoisotopic (exact) mass is 186 g/mol. The molecule has 0 saturated carbocycles. The minimum absolute atomic E-state index is 0.581. The van der Waals surface area contributed by atoms with Gasteiger partial charge in [0.15, 0.2) is 0 Å². The van der Waals surface area contributed by atoms with Crippen molar-refractivity contribution in [3.05, 3.63) is 36.2 Å². The summed E-state index contributed by atoms with van der Waals surface area (Å²) in [7, 11) is 0. The van der Waals surface area contributed by atoms with Crippen LogP contribution < -0.4 is 5.32 Å². The molecule has 1 saturated heterocycles. The minimum Gasteiger partial charge on any atom is -0.310 e. The van der Waals surface area contributed by atoms with Gasteiger partial charge in [0.1, 0.15) is 0 Å². The van der Waals surface area contributed by atoms with E-state index >= 15 is 0 Å². The predicted molar refractivity (Wildman–Crippen MR) is 56.7 cm³/mol. The van der Waals surface area contributed by atoms with E-state index < -0.39 is 0 Å². The second-order valence-corrected chi connectivity index (χ2v) is 4.15. The van der Waals surface area contributed by atoms with E-state index in [-0.39, 0.29) is 0 Å². The summed E-state index contributed by atoms with van der Waals surface area (Å²) in [4.78, 5) is 4.17. The first-order chi connectivity index (χ1) is 6.93. The summed E-state index contributed by atoms with van der Waals surface area (Å²) in [6, 6.07) is 4.75. The Morgan fingerprint density at radius 3 is 3.21 bits per heavy atom. The van der Waals surface area contributed by atoms with E-state index in [0.29, 0.717) is 6.04 Å². The zero-order valence-electron chi connectivity index (χ0n) is 8.11. The molecule has 1 aliphatic carbocycles. The molecule has 1 N–H and O–H groups in total. The Hall–Kier alpha value is -1.15. The molecule has 2 atom stereocenters. The van der Waals surface area contributed by atoms with Gasteiger partial charge in [0.2, 0.25) is 0 Å². The topological polar surface area (TPSA) is 24.9 Å². The van der Waals surface area contributed by atoms with Crippen LogP contribution in [0.5, 0.6) is 0 Å². The zero-order valence-corrected chi connectivity index (χ0v) is 8.11. The van der Waals surface area contributed by atoms with E-state index in [1.165, 1.54) is 24.0 Å². The molecule has 1 aliphatic heterocycles. The molecule has 3 rings (SSSR count). The van der Waals surface area contributed by atoms with Crippen LogP contribution in [0.1, 0.15) is 18.4 Å². The quantitative estimate of drug-likeness (QED) is 0.724. The molecule has 1 aromatic rings. The van der Waals surface area contributed by atoms with Crippen LogP contribution in [0.25, 0.3) is 5.57 Å². The molecule has 14 heavy (non-hydrogen) atoms. The number of nitrogens with zero attached hydrogens (tertiary/aromatic N) is 1. The third-order valence-electron chi connectivity index (χ3n) is 3.23. The molecule has 0 radical (unpaired) electrons. The van der Waals surface area contributed by atoms with Gasteiger partial charge in [-0.3, -0.25) is 4.98 Å². The molecule has 2 heterocycles. The highest BCUT2D eigenvalue weighted by Gasteiger charge is 2.30. The number of aromatic nitrogens is 1. The Morgan fingerprint density at radius 1 is 1.43 bits per heavy atom. The molecule has 0 spiro atoms. The number of piperidine rings is 1. The summed E-state index contributed by atoms with van der Waals surface area (Å²) in [6.45, 7) is 1.16. The minimum atomic E-state index is 0.581. The van der Waals surface area contributed by atoms with E-state index in [9.17, 15) is 0 Å². The van der Waals surface area contributed by atoms with E-state index in [0.717, 1.165) is 12.5 Å². The first kappa shape index (κ1) is 8.18. The van der Waals surface area contributed by atoms with Gasteiger partial charge in [0.05, 0.1) is 0 Å². The van der Waals surface area contributed by atoms with Crippen molar-refractivity contribution in [1.29, 1.82) is 0 Å². The fourth-order valence-corrected chi connectivity index (χ4v) is 2.54. The molecule has 2 unspecified atom stereocenters. The summed E-state index contributed by atoms with van der Waals surface area (Å²) >= 11 is 0. The summed E-state index contributed by atoms with van der Waals surface area (Å²) in [5.41, 5.74) is 2.75. The number of fused-ring (bicyclic) bond motifs is 2. The first-order valence-corrected chi connectivity index (χ1v) is 5.29. The largest absolute Gasteiger partial charge is 0.310 e. The average Bonchev–Trinajstić information content (AvgIpc) is 2.55. The van der Waals surface area contributed by atoms with Gasteiger partial charge in [-0.05, 0) is 42.5 Å². The van der Waals surface area contributed by atoms with Crippen LogP contribution in [-0.2, 0) is 0 Å². The number of pyridine rings is 1. The van der Waals surface area contributed by atoms with Gasteiger partial charge in [-0.2, -0.15) is 0 Å². The standard InChI is InChI=1S/C12H14N2/c1-2-10(8-13-4-1)11-6-9-3-5-14-12(11)7-9/h1-2,4,6,8-9,12,14H,3,5,7H2. The first-order valence-electron chi connectivity index (χ1n) is 5.29. The van der Waals surface area contributed by atoms with E-state index in [1.54, 1.807) is 0 Å². The number of hydrogen-bond donors (Lipinski definition) is 1. The molecule has 2 heteroatoms. The summed E-state index contributed by atoms with van der Waals surface area (Å²) < 4.78 is 0. The maximum absolute atomic E-state index is 4.17. The van der Waals surface area contributed by atoms with Crippen molar-refractivity contribution < 1.29 is 0 Å². The lowest BCUT2D eigenvalue weighted by Gasteiger charge is -2.22. The second kappa shape index (κ2) is 3.21. The van der Waals surface area contributed by atoms with E-state index in [1.807, 2.05) is 18.5 Å². The van der Waals surface area contributed by atoms with Crippen LogP contribution in [0.15, 0.2) is 30.6 Å². The highest BCUT2D eigenvalue weighted by atomic mass is 14.9. The Labute approximate surface area is 84.1 Å². The van der Waals surface area contributed by atoms with E-state index in [2.05, 4.69) is 22.4 Å². The van der Waals surface area contributed by atoms with Crippen molar-refractivity contribution in [3.63, 3.8) is 0 Å². The summed E-state index contributed by atoms with van der Waals surface area (Å²) in [6.07, 6.45) is 8.80. The summed E-state index contributed by atoms with van der Waals surface area (Å²) in [5, 5.41) is 3.56. The van der Waals surface area contributed by atoms with Gasteiger partial charge >= 0.3 is 0 Å². The third-order valence-corrected chi connectivity index (χ3v) is 3.23. The van der Waals surface area contributed by atoms with Crippen molar-refractivity contribution in [2.45, 2.75) is 18.9 Å². The van der Waals surface area contributed by atoms with Gasteiger partial charge in [-0.15, -0.1) is 0 Å². The molecule has 0 amide bonds. The molecule has 72 valence electrons. The van der Waals surface area contributed by atoms with Crippen molar-refractivity contribution in [2.75, 3.05) is 6.54 Å². The molecular formula is C12H14N2. The summed E-state index contributed by atoms with van der Waals surface area (Å²) in [5.74, 6) is 0.802. The molecular weight excluding hydrogens is 172 g/mol. The highest BCUT2D eigenvalue weighted by Crippen LogP contribution is 2.35. The molecule has 2 aliphatic rings. The molecule has 2 nitrogen and oxygen atoms in total. The smallest absolute Gasteiger partial charge is 0.0343 e. The molecule has 2 bridgehead atoms. The number of allylic oxidation sites excluding steroid dienone is 1. The maximum Gasteiger partial charge on any atom is 0.0343 e. The van der Waals surface area contributed by atoms with Crippen molar-refractivity contribution in [3.8, 4) is 0 Å². The lowest BCUT2D eigenvalue weighted by molar-refractivity contribution is 0.417. The van der Waals surface area contributed by atoms with Crippen LogP contribution in [0, 0.1) is 5.92 Å². The van der Waals surface area contributed by atoms with Crippen LogP contribution >= 0.6 is 0 Å². The van der Waals surface area contributed by atoms with E-state index in [4.69, 9.17) is 0 Å². The maximum atomic E-state index is 4.17. The van der Waals surface area contributed by atoms with Crippen molar-refractivity contribution >= 4 is 5.57 Å². The van der Waals surface area contributed by atoms with Crippen LogP contribution in [0.2, 0.25) is 0 Å². The second-order valence-electron chi connectivity index (χ2n) is 4.15. The van der Waals surface area contributed by atoms with Gasteiger partial charge in [0, 0.05) is 18.4 Å². The van der Waals surface area contributed by atoms with Gasteiger partial charge in [0.25, 0.3) is 0 Å². The Bertz CT molecular complexity index is 356. The molecule has 0 aromatic carbocycles. The zero-order chi connectivity index (χ0) is 9.38. The molecule has 1 aromatic heterocycles. The number of rotatable bonds is 1. The lowest BCUT2D eigenvalue weighted by atomic mass is 9.98. The third kappa shape index (κ3) is 1.26. The number of nitrogens with one attached hydrogen (secondary N) is 1. The van der Waals surface area contributed by atoms with Crippen molar-refractivity contribution in [1.82, 2.24) is 10.3 Å². The highest BCUT2D eigenvalue weighted by molar-refractivity contribution is 5.71. The average molecular weight is 186 g/mol. The Kier molecular flexibility index (Phi) is 1.88. The van der Waals surface area contributed by atoms with Gasteiger partial charge < -0.3 is 5.32 Å². The predicted octanol–water partition coefficient (Wildman–Crippen LogP) is 1.85. The van der Waals surface area contributed by atoms with Gasteiger partial charge in [-0.1, -0.05) is 12.1 Å². The van der Waals surface area contributed by atoms with Crippen LogP contribution in [0.4, 0.5) is 0 Å². The normalized spacial score (nSPS) is 30.1. The fourth-order valence-electron chi connectivity index (χ4n) is 2.54.